The van der Waals surface area contributed by atoms with E-state index in [-0.39, 0.29) is 5.41 Å². The molecule has 0 amide bonds. The maximum Gasteiger partial charge on any atom is 0.203 e. The Balaban J connectivity index is 2.01. The maximum atomic E-state index is 5.78. The van der Waals surface area contributed by atoms with Crippen molar-refractivity contribution in [3.05, 3.63) is 41.7 Å². The molecule has 2 heterocycles. The van der Waals surface area contributed by atoms with Crippen molar-refractivity contribution in [2.24, 2.45) is 0 Å². The van der Waals surface area contributed by atoms with Gasteiger partial charge >= 0.3 is 0 Å². The monoisotopic (exact) mass is 270 g/mol. The average Bonchev–Trinajstić information content (AvgIpc) is 2.83. The van der Waals surface area contributed by atoms with Gasteiger partial charge in [-0.05, 0) is 24.1 Å². The molecule has 0 spiro atoms. The molecule has 1 unspecified atom stereocenters. The molecule has 20 heavy (non-hydrogen) atoms. The number of nitrogens with two attached hydrogens (primary N) is 1. The molecule has 1 aromatic heterocycles. The topological polar surface area (TPSA) is 55.9 Å². The van der Waals surface area contributed by atoms with Gasteiger partial charge in [0.25, 0.3) is 0 Å². The number of imidazole rings is 1. The molecule has 106 valence electrons. The fourth-order valence-electron chi connectivity index (χ4n) is 2.63. The Labute approximate surface area is 120 Å². The van der Waals surface area contributed by atoms with E-state index in [9.17, 15) is 0 Å². The van der Waals surface area contributed by atoms with Crippen LogP contribution in [0.15, 0.2) is 30.5 Å². The highest BCUT2D eigenvalue weighted by atomic mass is 15.2. The Morgan fingerprint density at radius 1 is 1.25 bits per heavy atom. The van der Waals surface area contributed by atoms with E-state index >= 15 is 0 Å². The SMILES string of the molecule is CC(C)(C)c1cn2c(n1)NCCC2c1ccc(N)cc1. The van der Waals surface area contributed by atoms with Crippen LogP contribution in [0.5, 0.6) is 0 Å². The van der Waals surface area contributed by atoms with Crippen molar-refractivity contribution in [1.29, 1.82) is 0 Å². The van der Waals surface area contributed by atoms with Crippen LogP contribution >= 0.6 is 0 Å². The molecule has 0 aliphatic carbocycles. The van der Waals surface area contributed by atoms with Gasteiger partial charge < -0.3 is 15.6 Å². The third kappa shape index (κ3) is 2.26. The molecule has 0 bridgehead atoms. The van der Waals surface area contributed by atoms with E-state index < -0.39 is 0 Å². The van der Waals surface area contributed by atoms with Gasteiger partial charge in [-0.25, -0.2) is 4.98 Å². The van der Waals surface area contributed by atoms with Crippen LogP contribution in [-0.4, -0.2) is 16.1 Å². The van der Waals surface area contributed by atoms with E-state index in [1.807, 2.05) is 12.1 Å². The first-order valence-electron chi connectivity index (χ1n) is 7.14. The first-order chi connectivity index (χ1) is 9.45. The molecule has 0 saturated carbocycles. The molecule has 1 aliphatic rings. The Bertz CT molecular complexity index is 604. The van der Waals surface area contributed by atoms with Gasteiger partial charge in [0.15, 0.2) is 0 Å². The second kappa shape index (κ2) is 4.54. The van der Waals surface area contributed by atoms with Crippen molar-refractivity contribution >= 4 is 11.6 Å². The van der Waals surface area contributed by atoms with Crippen LogP contribution in [0.2, 0.25) is 0 Å². The van der Waals surface area contributed by atoms with Crippen molar-refractivity contribution in [2.45, 2.75) is 38.6 Å². The lowest BCUT2D eigenvalue weighted by molar-refractivity contribution is 0.527. The lowest BCUT2D eigenvalue weighted by Crippen LogP contribution is -2.23. The van der Waals surface area contributed by atoms with Crippen LogP contribution in [0, 0.1) is 0 Å². The minimum Gasteiger partial charge on any atom is -0.399 e. The Morgan fingerprint density at radius 2 is 1.95 bits per heavy atom. The highest BCUT2D eigenvalue weighted by molar-refractivity contribution is 5.42. The molecule has 3 rings (SSSR count). The van der Waals surface area contributed by atoms with Crippen LogP contribution < -0.4 is 11.1 Å². The normalized spacial score (nSPS) is 18.4. The molecule has 0 radical (unpaired) electrons. The molecule has 4 heteroatoms. The van der Waals surface area contributed by atoms with Crippen LogP contribution in [0.1, 0.15) is 44.5 Å². The maximum absolute atomic E-state index is 5.78. The summed E-state index contributed by atoms with van der Waals surface area (Å²) in [7, 11) is 0. The number of fused-ring (bicyclic) bond motifs is 1. The van der Waals surface area contributed by atoms with Gasteiger partial charge in [-0.15, -0.1) is 0 Å². The summed E-state index contributed by atoms with van der Waals surface area (Å²) in [6.45, 7) is 7.54. The molecule has 0 saturated heterocycles. The number of nitrogens with zero attached hydrogens (tertiary/aromatic N) is 2. The van der Waals surface area contributed by atoms with Crippen molar-refractivity contribution in [3.63, 3.8) is 0 Å². The minimum atomic E-state index is 0.0671. The first kappa shape index (κ1) is 13.0. The molecule has 2 aromatic rings. The predicted octanol–water partition coefficient (Wildman–Crippen LogP) is 3.17. The van der Waals surface area contributed by atoms with Gasteiger partial charge in [0, 0.05) is 23.8 Å². The van der Waals surface area contributed by atoms with Crippen molar-refractivity contribution in [2.75, 3.05) is 17.6 Å². The number of hydrogen-bond donors (Lipinski definition) is 2. The number of nitrogens with one attached hydrogen (secondary N) is 1. The molecule has 4 nitrogen and oxygen atoms in total. The zero-order valence-corrected chi connectivity index (χ0v) is 12.4. The van der Waals surface area contributed by atoms with Crippen LogP contribution in [-0.2, 0) is 5.41 Å². The summed E-state index contributed by atoms with van der Waals surface area (Å²) in [5.41, 5.74) is 9.08. The Kier molecular flexibility index (Phi) is 2.96. The summed E-state index contributed by atoms with van der Waals surface area (Å²) in [5.74, 6) is 0.975. The van der Waals surface area contributed by atoms with Crippen LogP contribution in [0.3, 0.4) is 0 Å². The van der Waals surface area contributed by atoms with E-state index in [1.165, 1.54) is 5.56 Å². The molecule has 1 aliphatic heterocycles. The lowest BCUT2D eigenvalue weighted by Gasteiger charge is -2.26. The van der Waals surface area contributed by atoms with Crippen LogP contribution in [0.4, 0.5) is 11.6 Å². The second-order valence-electron chi connectivity index (χ2n) is 6.50. The third-order valence-electron chi connectivity index (χ3n) is 3.86. The summed E-state index contributed by atoms with van der Waals surface area (Å²) in [6.07, 6.45) is 3.25. The number of hydrogen-bond acceptors (Lipinski definition) is 3. The van der Waals surface area contributed by atoms with Gasteiger partial charge in [-0.1, -0.05) is 32.9 Å². The molecule has 3 N–H and O–H groups in total. The van der Waals surface area contributed by atoms with E-state index in [1.54, 1.807) is 0 Å². The Hall–Kier alpha value is -1.97. The molecule has 1 aromatic carbocycles. The number of nitrogen functional groups attached to an aromatic ring is 1. The predicted molar refractivity (Wildman–Crippen MR) is 83.0 cm³/mol. The smallest absolute Gasteiger partial charge is 0.203 e. The summed E-state index contributed by atoms with van der Waals surface area (Å²) in [5, 5.41) is 3.39. The summed E-state index contributed by atoms with van der Waals surface area (Å²) < 4.78 is 2.26. The molecule has 0 fully saturated rings. The van der Waals surface area contributed by atoms with E-state index in [0.29, 0.717) is 6.04 Å². The lowest BCUT2D eigenvalue weighted by atomic mass is 9.93. The van der Waals surface area contributed by atoms with Crippen molar-refractivity contribution in [1.82, 2.24) is 9.55 Å². The summed E-state index contributed by atoms with van der Waals surface area (Å²) >= 11 is 0. The largest absolute Gasteiger partial charge is 0.399 e. The minimum absolute atomic E-state index is 0.0671. The molecular formula is C16H22N4. The van der Waals surface area contributed by atoms with E-state index in [0.717, 1.165) is 30.3 Å². The van der Waals surface area contributed by atoms with Crippen LogP contribution in [0.25, 0.3) is 0 Å². The number of rotatable bonds is 1. The summed E-state index contributed by atoms with van der Waals surface area (Å²) in [4.78, 5) is 4.74. The van der Waals surface area contributed by atoms with E-state index in [2.05, 4.69) is 49.0 Å². The van der Waals surface area contributed by atoms with Gasteiger partial charge in [0.05, 0.1) is 11.7 Å². The number of anilines is 2. The molecular weight excluding hydrogens is 248 g/mol. The first-order valence-corrected chi connectivity index (χ1v) is 7.14. The van der Waals surface area contributed by atoms with Gasteiger partial charge in [0.1, 0.15) is 0 Å². The average molecular weight is 270 g/mol. The quantitative estimate of drug-likeness (QED) is 0.783. The molecule has 1 atom stereocenters. The van der Waals surface area contributed by atoms with Crippen molar-refractivity contribution < 1.29 is 0 Å². The number of benzene rings is 1. The fraction of sp³-hybridized carbons (Fsp3) is 0.438. The zero-order chi connectivity index (χ0) is 14.3. The summed E-state index contributed by atoms with van der Waals surface area (Å²) in [6, 6.07) is 8.52. The number of aromatic nitrogens is 2. The Morgan fingerprint density at radius 3 is 2.60 bits per heavy atom. The van der Waals surface area contributed by atoms with Gasteiger partial charge in [-0.3, -0.25) is 0 Å². The van der Waals surface area contributed by atoms with Crippen molar-refractivity contribution in [3.8, 4) is 0 Å². The van der Waals surface area contributed by atoms with Gasteiger partial charge in [-0.2, -0.15) is 0 Å². The fourth-order valence-corrected chi connectivity index (χ4v) is 2.63. The second-order valence-corrected chi connectivity index (χ2v) is 6.50. The standard InChI is InChI=1S/C16H22N4/c1-16(2,3)14-10-20-13(8-9-18-15(20)19-14)11-4-6-12(17)7-5-11/h4-7,10,13H,8-9,17H2,1-3H3,(H,18,19). The third-order valence-corrected chi connectivity index (χ3v) is 3.86. The van der Waals surface area contributed by atoms with E-state index in [4.69, 9.17) is 10.7 Å². The highest BCUT2D eigenvalue weighted by Crippen LogP contribution is 2.33. The zero-order valence-electron chi connectivity index (χ0n) is 12.4. The highest BCUT2D eigenvalue weighted by Gasteiger charge is 2.26. The van der Waals surface area contributed by atoms with Gasteiger partial charge in [0.2, 0.25) is 5.95 Å².